The summed E-state index contributed by atoms with van der Waals surface area (Å²) in [6, 6.07) is 0.679. The molecule has 1 aromatic heterocycles. The molecule has 1 aromatic rings. The molecule has 1 heterocycles. The molecule has 0 atom stereocenters. The molecule has 1 saturated carbocycles. The summed E-state index contributed by atoms with van der Waals surface area (Å²) in [4.78, 5) is 0. The molecule has 0 bridgehead atoms. The Kier molecular flexibility index (Phi) is 1.88. The molecule has 0 N–H and O–H groups in total. The van der Waals surface area contributed by atoms with Gasteiger partial charge < -0.3 is 4.57 Å². The van der Waals surface area contributed by atoms with Gasteiger partial charge in [-0.25, -0.2) is 0 Å². The molecule has 1 fully saturated rings. The normalized spacial score (nSPS) is 20.4. The zero-order chi connectivity index (χ0) is 7.52. The Morgan fingerprint density at radius 2 is 1.64 bits per heavy atom. The molecule has 0 aliphatic heterocycles. The first-order valence-corrected chi connectivity index (χ1v) is 4.31. The van der Waals surface area contributed by atoms with Gasteiger partial charge in [0.05, 0.1) is 0 Å². The van der Waals surface area contributed by atoms with Crippen molar-refractivity contribution in [3.8, 4) is 0 Å². The maximum absolute atomic E-state index is 3.81. The van der Waals surface area contributed by atoms with Crippen LogP contribution < -0.4 is 0 Å². The molecular weight excluding hydrogens is 138 g/mol. The van der Waals surface area contributed by atoms with Crippen LogP contribution in [0.25, 0.3) is 0 Å². The Labute approximate surface area is 66.4 Å². The van der Waals surface area contributed by atoms with Gasteiger partial charge in [0.25, 0.3) is 0 Å². The molecule has 1 aliphatic rings. The fourth-order valence-corrected chi connectivity index (χ4v) is 1.78. The van der Waals surface area contributed by atoms with E-state index in [0.717, 1.165) is 0 Å². The molecule has 0 saturated heterocycles. The van der Waals surface area contributed by atoms with Crippen LogP contribution in [0, 0.1) is 0 Å². The maximum Gasteiger partial charge on any atom is 0.119 e. The predicted molar refractivity (Wildman–Crippen MR) is 42.1 cm³/mol. The number of rotatable bonds is 1. The van der Waals surface area contributed by atoms with Crippen LogP contribution in [0.3, 0.4) is 0 Å². The second-order valence-electron chi connectivity index (χ2n) is 3.20. The third-order valence-electron chi connectivity index (χ3n) is 2.43. The SMILES string of the molecule is c1nncn1C1CCCCC1. The van der Waals surface area contributed by atoms with Gasteiger partial charge in [0.2, 0.25) is 0 Å². The van der Waals surface area contributed by atoms with E-state index in [2.05, 4.69) is 14.8 Å². The molecule has 0 aromatic carbocycles. The summed E-state index contributed by atoms with van der Waals surface area (Å²) in [7, 11) is 0. The highest BCUT2D eigenvalue weighted by Gasteiger charge is 2.13. The summed E-state index contributed by atoms with van der Waals surface area (Å²) in [6.07, 6.45) is 10.4. The van der Waals surface area contributed by atoms with Gasteiger partial charge in [-0.2, -0.15) is 0 Å². The van der Waals surface area contributed by atoms with Crippen LogP contribution in [0.5, 0.6) is 0 Å². The van der Waals surface area contributed by atoms with Gasteiger partial charge in [0, 0.05) is 6.04 Å². The van der Waals surface area contributed by atoms with Gasteiger partial charge in [0.15, 0.2) is 0 Å². The number of aromatic nitrogens is 3. The molecule has 3 nitrogen and oxygen atoms in total. The van der Waals surface area contributed by atoms with E-state index in [1.54, 1.807) is 0 Å². The fraction of sp³-hybridized carbons (Fsp3) is 0.750. The van der Waals surface area contributed by atoms with Crippen molar-refractivity contribution in [2.45, 2.75) is 38.1 Å². The zero-order valence-electron chi connectivity index (χ0n) is 6.61. The molecular formula is C8H13N3. The van der Waals surface area contributed by atoms with E-state index in [9.17, 15) is 0 Å². The summed E-state index contributed by atoms with van der Waals surface area (Å²) in [6.45, 7) is 0. The molecule has 0 radical (unpaired) electrons. The second kappa shape index (κ2) is 3.03. The average molecular weight is 151 g/mol. The van der Waals surface area contributed by atoms with Crippen molar-refractivity contribution in [2.24, 2.45) is 0 Å². The van der Waals surface area contributed by atoms with Crippen LogP contribution >= 0.6 is 0 Å². The van der Waals surface area contributed by atoms with E-state index >= 15 is 0 Å². The first-order chi connectivity index (χ1) is 5.47. The predicted octanol–water partition coefficient (Wildman–Crippen LogP) is 1.78. The Morgan fingerprint density at radius 3 is 2.27 bits per heavy atom. The van der Waals surface area contributed by atoms with E-state index < -0.39 is 0 Å². The largest absolute Gasteiger partial charge is 0.317 e. The van der Waals surface area contributed by atoms with Gasteiger partial charge in [-0.15, -0.1) is 10.2 Å². The van der Waals surface area contributed by atoms with Crippen LogP contribution in [-0.2, 0) is 0 Å². The third kappa shape index (κ3) is 1.42. The van der Waals surface area contributed by atoms with Crippen LogP contribution in [0.15, 0.2) is 12.7 Å². The van der Waals surface area contributed by atoms with Crippen LogP contribution in [0.1, 0.15) is 38.1 Å². The summed E-state index contributed by atoms with van der Waals surface area (Å²) in [5.41, 5.74) is 0. The van der Waals surface area contributed by atoms with E-state index in [1.165, 1.54) is 32.1 Å². The lowest BCUT2D eigenvalue weighted by atomic mass is 9.95. The fourth-order valence-electron chi connectivity index (χ4n) is 1.78. The molecule has 0 spiro atoms. The van der Waals surface area contributed by atoms with E-state index in [-0.39, 0.29) is 0 Å². The van der Waals surface area contributed by atoms with Crippen molar-refractivity contribution in [3.05, 3.63) is 12.7 Å². The Morgan fingerprint density at radius 1 is 1.00 bits per heavy atom. The number of hydrogen-bond acceptors (Lipinski definition) is 2. The van der Waals surface area contributed by atoms with E-state index in [1.807, 2.05) is 12.7 Å². The Hall–Kier alpha value is -0.860. The van der Waals surface area contributed by atoms with Crippen molar-refractivity contribution in [2.75, 3.05) is 0 Å². The molecule has 0 unspecified atom stereocenters. The van der Waals surface area contributed by atoms with Crippen LogP contribution in [0.2, 0.25) is 0 Å². The van der Waals surface area contributed by atoms with Crippen molar-refractivity contribution in [1.29, 1.82) is 0 Å². The lowest BCUT2D eigenvalue weighted by Crippen LogP contribution is -2.10. The minimum absolute atomic E-state index is 0.679. The van der Waals surface area contributed by atoms with Gasteiger partial charge in [-0.1, -0.05) is 19.3 Å². The molecule has 0 amide bonds. The van der Waals surface area contributed by atoms with Crippen molar-refractivity contribution < 1.29 is 0 Å². The minimum atomic E-state index is 0.679. The Balaban J connectivity index is 2.04. The first kappa shape index (κ1) is 6.83. The smallest absolute Gasteiger partial charge is 0.119 e. The van der Waals surface area contributed by atoms with Crippen molar-refractivity contribution in [3.63, 3.8) is 0 Å². The average Bonchev–Trinajstić information content (AvgIpc) is 2.58. The standard InChI is InChI=1S/C8H13N3/c1-2-4-8(5-3-1)11-6-9-10-7-11/h6-8H,1-5H2. The first-order valence-electron chi connectivity index (χ1n) is 4.31. The third-order valence-corrected chi connectivity index (χ3v) is 2.43. The number of hydrogen-bond donors (Lipinski definition) is 0. The van der Waals surface area contributed by atoms with Gasteiger partial charge >= 0.3 is 0 Å². The summed E-state index contributed by atoms with van der Waals surface area (Å²) in [5, 5.41) is 7.62. The van der Waals surface area contributed by atoms with Crippen LogP contribution in [-0.4, -0.2) is 14.8 Å². The highest BCUT2D eigenvalue weighted by molar-refractivity contribution is 4.75. The highest BCUT2D eigenvalue weighted by Crippen LogP contribution is 2.26. The highest BCUT2D eigenvalue weighted by atomic mass is 15.2. The molecule has 3 heteroatoms. The van der Waals surface area contributed by atoms with Gasteiger partial charge in [-0.05, 0) is 12.8 Å². The Bertz CT molecular complexity index is 199. The van der Waals surface area contributed by atoms with Gasteiger partial charge in [0.1, 0.15) is 12.7 Å². The van der Waals surface area contributed by atoms with E-state index in [0.29, 0.717) is 6.04 Å². The molecule has 11 heavy (non-hydrogen) atoms. The number of nitrogens with zero attached hydrogens (tertiary/aromatic N) is 3. The monoisotopic (exact) mass is 151 g/mol. The summed E-state index contributed by atoms with van der Waals surface area (Å²) in [5.74, 6) is 0. The topological polar surface area (TPSA) is 30.7 Å². The summed E-state index contributed by atoms with van der Waals surface area (Å²) < 4.78 is 2.14. The van der Waals surface area contributed by atoms with E-state index in [4.69, 9.17) is 0 Å². The van der Waals surface area contributed by atoms with Gasteiger partial charge in [-0.3, -0.25) is 0 Å². The maximum atomic E-state index is 3.81. The lowest BCUT2D eigenvalue weighted by Gasteiger charge is -2.21. The minimum Gasteiger partial charge on any atom is -0.317 e. The molecule has 1 aliphatic carbocycles. The van der Waals surface area contributed by atoms with Crippen LogP contribution in [0.4, 0.5) is 0 Å². The quantitative estimate of drug-likeness (QED) is 0.612. The molecule has 60 valence electrons. The lowest BCUT2D eigenvalue weighted by molar-refractivity contribution is 0.352. The summed E-state index contributed by atoms with van der Waals surface area (Å²) >= 11 is 0. The second-order valence-corrected chi connectivity index (χ2v) is 3.20. The zero-order valence-corrected chi connectivity index (χ0v) is 6.61. The van der Waals surface area contributed by atoms with Crippen molar-refractivity contribution >= 4 is 0 Å². The molecule has 2 rings (SSSR count). The van der Waals surface area contributed by atoms with Crippen molar-refractivity contribution in [1.82, 2.24) is 14.8 Å².